The van der Waals surface area contributed by atoms with Gasteiger partial charge in [0, 0.05) is 33.1 Å². The Morgan fingerprint density at radius 1 is 1.23 bits per heavy atom. The molecule has 7 nitrogen and oxygen atoms in total. The Balaban J connectivity index is 1.75. The van der Waals surface area contributed by atoms with Gasteiger partial charge < -0.3 is 18.8 Å². The monoisotopic (exact) mass is 364 g/mol. The Bertz CT molecular complexity index is 599. The highest BCUT2D eigenvalue weighted by Crippen LogP contribution is 2.14. The molecule has 0 radical (unpaired) electrons. The molecular weight excluding hydrogens is 336 g/mol. The van der Waals surface area contributed by atoms with E-state index in [-0.39, 0.29) is 18.5 Å². The summed E-state index contributed by atoms with van der Waals surface area (Å²) in [5, 5.41) is 0. The van der Waals surface area contributed by atoms with E-state index in [0.29, 0.717) is 38.5 Å². The highest BCUT2D eigenvalue weighted by Gasteiger charge is 2.19. The lowest BCUT2D eigenvalue weighted by molar-refractivity contribution is -0.142. The molecule has 0 spiro atoms. The highest BCUT2D eigenvalue weighted by atomic mass is 16.5. The van der Waals surface area contributed by atoms with E-state index in [1.807, 2.05) is 17.0 Å². The summed E-state index contributed by atoms with van der Waals surface area (Å²) in [6.45, 7) is 9.91. The van der Waals surface area contributed by atoms with Gasteiger partial charge in [-0.1, -0.05) is 6.08 Å². The van der Waals surface area contributed by atoms with Crippen LogP contribution in [0.2, 0.25) is 0 Å². The van der Waals surface area contributed by atoms with Gasteiger partial charge in [-0.2, -0.15) is 0 Å². The number of carbonyl (C=O) groups excluding carboxylic acids is 2. The number of nitrogens with zero attached hydrogens (tertiary/aromatic N) is 2. The lowest BCUT2D eigenvalue weighted by Crippen LogP contribution is -2.35. The van der Waals surface area contributed by atoms with Crippen LogP contribution in [0.25, 0.3) is 0 Å². The van der Waals surface area contributed by atoms with Gasteiger partial charge in [-0.05, 0) is 18.6 Å². The van der Waals surface area contributed by atoms with Crippen LogP contribution >= 0.6 is 0 Å². The average molecular weight is 364 g/mol. The second kappa shape index (κ2) is 10.8. The fourth-order valence-electron chi connectivity index (χ4n) is 2.84. The van der Waals surface area contributed by atoms with Crippen LogP contribution in [0.5, 0.6) is 0 Å². The van der Waals surface area contributed by atoms with Crippen LogP contribution in [0, 0.1) is 0 Å². The molecule has 7 heteroatoms. The van der Waals surface area contributed by atoms with Crippen molar-refractivity contribution in [2.45, 2.75) is 32.9 Å². The first-order chi connectivity index (χ1) is 12.6. The molecule has 1 aliphatic rings. The second-order valence-electron chi connectivity index (χ2n) is 6.27. The predicted molar refractivity (Wildman–Crippen MR) is 96.3 cm³/mol. The van der Waals surface area contributed by atoms with Gasteiger partial charge in [0.15, 0.2) is 0 Å². The fourth-order valence-corrected chi connectivity index (χ4v) is 2.84. The number of hydrogen-bond acceptors (Lipinski definition) is 6. The molecule has 0 atom stereocenters. The molecule has 1 aromatic rings. The Hall–Kier alpha value is -2.12. The molecular formula is C19H28N2O5. The molecule has 144 valence electrons. The Labute approximate surface area is 154 Å². The van der Waals surface area contributed by atoms with Gasteiger partial charge in [-0.25, -0.2) is 0 Å². The minimum absolute atomic E-state index is 0.137. The summed E-state index contributed by atoms with van der Waals surface area (Å²) in [5.41, 5.74) is 0. The zero-order chi connectivity index (χ0) is 18.8. The number of esters is 1. The average Bonchev–Trinajstić information content (AvgIpc) is 2.93. The number of ether oxygens (including phenoxy) is 2. The van der Waals surface area contributed by atoms with Gasteiger partial charge in [0.05, 0.1) is 26.2 Å². The molecule has 2 rings (SSSR count). The number of amides is 1. The summed E-state index contributed by atoms with van der Waals surface area (Å²) < 4.78 is 15.9. The molecule has 0 N–H and O–H groups in total. The maximum Gasteiger partial charge on any atom is 0.303 e. The van der Waals surface area contributed by atoms with Crippen LogP contribution in [0.4, 0.5) is 0 Å². The first kappa shape index (κ1) is 20.2. The molecule has 1 aliphatic heterocycles. The van der Waals surface area contributed by atoms with Crippen molar-refractivity contribution in [1.29, 1.82) is 0 Å². The summed E-state index contributed by atoms with van der Waals surface area (Å²) in [7, 11) is 0. The molecule has 0 bridgehead atoms. The summed E-state index contributed by atoms with van der Waals surface area (Å²) in [6.07, 6.45) is 3.02. The molecule has 1 fully saturated rings. The Morgan fingerprint density at radius 3 is 2.81 bits per heavy atom. The van der Waals surface area contributed by atoms with Crippen LogP contribution < -0.4 is 0 Å². The number of hydrogen-bond donors (Lipinski definition) is 0. The van der Waals surface area contributed by atoms with Gasteiger partial charge in [0.25, 0.3) is 0 Å². The third-order valence-corrected chi connectivity index (χ3v) is 4.15. The fraction of sp³-hybridized carbons (Fsp3) is 0.579. The largest absolute Gasteiger partial charge is 0.461 e. The van der Waals surface area contributed by atoms with Gasteiger partial charge in [0.1, 0.15) is 18.1 Å². The summed E-state index contributed by atoms with van der Waals surface area (Å²) in [4.78, 5) is 27.3. The first-order valence-electron chi connectivity index (χ1n) is 8.98. The lowest BCUT2D eigenvalue weighted by atomic mass is 10.3. The number of carbonyl (C=O) groups is 2. The van der Waals surface area contributed by atoms with Crippen LogP contribution in [-0.2, 0) is 32.2 Å². The lowest BCUT2D eigenvalue weighted by Gasteiger charge is -2.21. The molecule has 0 unspecified atom stereocenters. The van der Waals surface area contributed by atoms with Crippen molar-refractivity contribution in [1.82, 2.24) is 9.80 Å². The maximum absolute atomic E-state index is 12.3. The first-order valence-corrected chi connectivity index (χ1v) is 8.98. The van der Waals surface area contributed by atoms with E-state index in [4.69, 9.17) is 13.9 Å². The minimum Gasteiger partial charge on any atom is -0.461 e. The van der Waals surface area contributed by atoms with Crippen molar-refractivity contribution in [3.8, 4) is 0 Å². The summed E-state index contributed by atoms with van der Waals surface area (Å²) in [6, 6.07) is 3.73. The Morgan fingerprint density at radius 2 is 2.04 bits per heavy atom. The molecule has 0 saturated carbocycles. The van der Waals surface area contributed by atoms with E-state index in [1.165, 1.54) is 6.92 Å². The van der Waals surface area contributed by atoms with Gasteiger partial charge in [0.2, 0.25) is 5.91 Å². The van der Waals surface area contributed by atoms with E-state index in [0.717, 1.165) is 31.8 Å². The van der Waals surface area contributed by atoms with Crippen molar-refractivity contribution in [3.63, 3.8) is 0 Å². The second-order valence-corrected chi connectivity index (χ2v) is 6.27. The predicted octanol–water partition coefficient (Wildman–Crippen LogP) is 1.97. The van der Waals surface area contributed by atoms with Crippen molar-refractivity contribution in [3.05, 3.63) is 36.3 Å². The molecule has 0 aliphatic carbocycles. The van der Waals surface area contributed by atoms with E-state index < -0.39 is 0 Å². The van der Waals surface area contributed by atoms with Crippen molar-refractivity contribution >= 4 is 11.9 Å². The third kappa shape index (κ3) is 7.01. The van der Waals surface area contributed by atoms with Gasteiger partial charge in [-0.15, -0.1) is 6.58 Å². The molecule has 26 heavy (non-hydrogen) atoms. The van der Waals surface area contributed by atoms with Gasteiger partial charge >= 0.3 is 5.97 Å². The van der Waals surface area contributed by atoms with Crippen LogP contribution in [0.15, 0.2) is 29.2 Å². The van der Waals surface area contributed by atoms with Crippen LogP contribution in [-0.4, -0.2) is 61.1 Å². The van der Waals surface area contributed by atoms with E-state index >= 15 is 0 Å². The third-order valence-electron chi connectivity index (χ3n) is 4.15. The van der Waals surface area contributed by atoms with E-state index in [2.05, 4.69) is 11.5 Å². The van der Waals surface area contributed by atoms with Gasteiger partial charge in [-0.3, -0.25) is 14.5 Å². The number of rotatable bonds is 9. The zero-order valence-corrected chi connectivity index (χ0v) is 15.4. The molecule has 2 heterocycles. The standard InChI is InChI=1S/C19H28N2O5/c1-3-12-24-13-7-19(23)21-9-4-8-20(10-11-21)14-17-5-6-18(26-17)15-25-16(2)22/h3,5-6H,1,4,7-15H2,2H3. The van der Waals surface area contributed by atoms with Crippen molar-refractivity contribution in [2.75, 3.05) is 39.4 Å². The summed E-state index contributed by atoms with van der Waals surface area (Å²) >= 11 is 0. The molecule has 1 amide bonds. The molecule has 1 aromatic heterocycles. The molecule has 1 saturated heterocycles. The number of furan rings is 1. The molecule has 0 aromatic carbocycles. The SMILES string of the molecule is C=CCOCCC(=O)N1CCCN(Cc2ccc(COC(C)=O)o2)CC1. The normalized spacial score (nSPS) is 15.5. The smallest absolute Gasteiger partial charge is 0.303 e. The quantitative estimate of drug-likeness (QED) is 0.379. The highest BCUT2D eigenvalue weighted by molar-refractivity contribution is 5.76. The Kier molecular flexibility index (Phi) is 8.37. The zero-order valence-electron chi connectivity index (χ0n) is 15.4. The van der Waals surface area contributed by atoms with Crippen LogP contribution in [0.3, 0.4) is 0 Å². The minimum atomic E-state index is -0.324. The van der Waals surface area contributed by atoms with Crippen molar-refractivity contribution < 1.29 is 23.5 Å². The van der Waals surface area contributed by atoms with E-state index in [1.54, 1.807) is 6.08 Å². The van der Waals surface area contributed by atoms with Crippen LogP contribution in [0.1, 0.15) is 31.3 Å². The maximum atomic E-state index is 12.3. The summed E-state index contributed by atoms with van der Waals surface area (Å²) in [5.74, 6) is 1.29. The van der Waals surface area contributed by atoms with Crippen molar-refractivity contribution in [2.24, 2.45) is 0 Å². The van der Waals surface area contributed by atoms with E-state index in [9.17, 15) is 9.59 Å². The topological polar surface area (TPSA) is 72.2 Å².